The molecule has 10 heteroatoms. The van der Waals surface area contributed by atoms with Gasteiger partial charge in [-0.15, -0.1) is 11.3 Å². The van der Waals surface area contributed by atoms with E-state index in [4.69, 9.17) is 4.74 Å². The minimum Gasteiger partial charge on any atom is -0.465 e. The monoisotopic (exact) mass is 420 g/mol. The zero-order valence-electron chi connectivity index (χ0n) is 15.7. The summed E-state index contributed by atoms with van der Waals surface area (Å²) < 4.78 is 17.6. The van der Waals surface area contributed by atoms with Crippen LogP contribution in [0.25, 0.3) is 0 Å². The topological polar surface area (TPSA) is 99.8 Å². The number of thiophene rings is 1. The zero-order chi connectivity index (χ0) is 20.8. The highest BCUT2D eigenvalue weighted by Gasteiger charge is 2.25. The van der Waals surface area contributed by atoms with Gasteiger partial charge in [-0.2, -0.15) is 0 Å². The van der Waals surface area contributed by atoms with Gasteiger partial charge in [-0.3, -0.25) is 0 Å². The number of piperidine rings is 1. The fraction of sp³-hybridized carbons (Fsp3) is 0.316. The predicted octanol–water partition coefficient (Wildman–Crippen LogP) is 3.49. The second kappa shape index (κ2) is 9.37. The van der Waals surface area contributed by atoms with E-state index < -0.39 is 5.97 Å². The number of carbonyl (C=O) groups excluding carboxylic acids is 3. The van der Waals surface area contributed by atoms with E-state index in [-0.39, 0.29) is 23.9 Å². The number of likely N-dealkylation sites (tertiary alicyclic amines) is 1. The van der Waals surface area contributed by atoms with E-state index in [1.807, 2.05) is 0 Å². The molecule has 0 atom stereocenters. The van der Waals surface area contributed by atoms with Gasteiger partial charge in [-0.05, 0) is 48.6 Å². The Hall–Kier alpha value is -3.14. The summed E-state index contributed by atoms with van der Waals surface area (Å²) in [5, 5.41) is 9.95. The molecule has 154 valence electrons. The molecule has 29 heavy (non-hydrogen) atoms. The fourth-order valence-electron chi connectivity index (χ4n) is 2.97. The Morgan fingerprint density at radius 1 is 1.10 bits per heavy atom. The SMILES string of the molecule is COC(=O)c1sccc1NC(=O)N1CCC(NC(=O)Nc2ccc(F)cc2)CC1. The number of rotatable bonds is 4. The molecule has 0 saturated carbocycles. The van der Waals surface area contributed by atoms with Crippen molar-refractivity contribution < 1.29 is 23.5 Å². The first kappa shape index (κ1) is 20.6. The zero-order valence-corrected chi connectivity index (χ0v) is 16.6. The second-order valence-electron chi connectivity index (χ2n) is 6.45. The Morgan fingerprint density at radius 2 is 1.79 bits per heavy atom. The number of methoxy groups -OCH3 is 1. The van der Waals surface area contributed by atoms with Gasteiger partial charge < -0.3 is 25.6 Å². The van der Waals surface area contributed by atoms with Crippen molar-refractivity contribution in [3.63, 3.8) is 0 Å². The Kier molecular flexibility index (Phi) is 6.65. The average molecular weight is 420 g/mol. The van der Waals surface area contributed by atoms with Gasteiger partial charge in [-0.1, -0.05) is 0 Å². The summed E-state index contributed by atoms with van der Waals surface area (Å²) in [7, 11) is 1.29. The van der Waals surface area contributed by atoms with Crippen molar-refractivity contribution in [3.05, 3.63) is 46.4 Å². The third kappa shape index (κ3) is 5.44. The van der Waals surface area contributed by atoms with Crippen LogP contribution in [0.15, 0.2) is 35.7 Å². The lowest BCUT2D eigenvalue weighted by molar-refractivity contribution is 0.0607. The first-order chi connectivity index (χ1) is 14.0. The van der Waals surface area contributed by atoms with Crippen LogP contribution in [0.5, 0.6) is 0 Å². The lowest BCUT2D eigenvalue weighted by Crippen LogP contribution is -2.48. The standard InChI is InChI=1S/C19H21FN4O4S/c1-28-17(25)16-15(8-11-29-16)23-19(27)24-9-6-14(7-10-24)22-18(26)21-13-4-2-12(20)3-5-13/h2-5,8,11,14H,6-7,9-10H2,1H3,(H,23,27)(H2,21,22,26). The summed E-state index contributed by atoms with van der Waals surface area (Å²) in [6, 6.07) is 6.40. The third-order valence-electron chi connectivity index (χ3n) is 4.50. The molecule has 8 nitrogen and oxygen atoms in total. The lowest BCUT2D eigenvalue weighted by atomic mass is 10.1. The van der Waals surface area contributed by atoms with E-state index in [0.717, 1.165) is 0 Å². The molecule has 1 aromatic heterocycles. The molecule has 1 fully saturated rings. The van der Waals surface area contributed by atoms with E-state index in [9.17, 15) is 18.8 Å². The average Bonchev–Trinajstić information content (AvgIpc) is 3.17. The van der Waals surface area contributed by atoms with Crippen molar-refractivity contribution in [1.29, 1.82) is 0 Å². The molecule has 2 aromatic rings. The number of halogens is 1. The van der Waals surface area contributed by atoms with Crippen LogP contribution in [0.2, 0.25) is 0 Å². The van der Waals surface area contributed by atoms with Crippen LogP contribution in [0.3, 0.4) is 0 Å². The first-order valence-electron chi connectivity index (χ1n) is 9.01. The minimum absolute atomic E-state index is 0.0775. The fourth-order valence-corrected chi connectivity index (χ4v) is 3.73. The summed E-state index contributed by atoms with van der Waals surface area (Å²) >= 11 is 1.20. The van der Waals surface area contributed by atoms with Gasteiger partial charge in [0.2, 0.25) is 0 Å². The van der Waals surface area contributed by atoms with Crippen molar-refractivity contribution in [2.45, 2.75) is 18.9 Å². The molecule has 0 aliphatic carbocycles. The largest absolute Gasteiger partial charge is 0.465 e. The molecule has 2 heterocycles. The normalized spacial score (nSPS) is 14.2. The van der Waals surface area contributed by atoms with Gasteiger partial charge in [0.25, 0.3) is 0 Å². The molecule has 1 aliphatic heterocycles. The Morgan fingerprint density at radius 3 is 2.45 bits per heavy atom. The summed E-state index contributed by atoms with van der Waals surface area (Å²) in [6.45, 7) is 0.927. The number of hydrogen-bond acceptors (Lipinski definition) is 5. The highest BCUT2D eigenvalue weighted by Crippen LogP contribution is 2.24. The van der Waals surface area contributed by atoms with Crippen LogP contribution in [-0.4, -0.2) is 49.2 Å². The van der Waals surface area contributed by atoms with Crippen LogP contribution in [0, 0.1) is 5.82 Å². The van der Waals surface area contributed by atoms with Gasteiger partial charge in [0.05, 0.1) is 12.8 Å². The van der Waals surface area contributed by atoms with Gasteiger partial charge in [0.1, 0.15) is 10.7 Å². The second-order valence-corrected chi connectivity index (χ2v) is 7.37. The van der Waals surface area contributed by atoms with E-state index in [1.165, 1.54) is 42.7 Å². The molecule has 3 N–H and O–H groups in total. The van der Waals surface area contributed by atoms with Crippen LogP contribution in [0.4, 0.5) is 25.4 Å². The summed E-state index contributed by atoms with van der Waals surface area (Å²) in [5.41, 5.74) is 0.920. The Labute approximate surface area is 171 Å². The highest BCUT2D eigenvalue weighted by atomic mass is 32.1. The Bertz CT molecular complexity index is 879. The number of carbonyl (C=O) groups is 3. The molecule has 0 bridgehead atoms. The third-order valence-corrected chi connectivity index (χ3v) is 5.39. The van der Waals surface area contributed by atoms with Crippen molar-refractivity contribution in [3.8, 4) is 0 Å². The number of anilines is 2. The van der Waals surface area contributed by atoms with Crippen molar-refractivity contribution in [2.75, 3.05) is 30.8 Å². The maximum absolute atomic E-state index is 12.9. The van der Waals surface area contributed by atoms with Gasteiger partial charge in [-0.25, -0.2) is 18.8 Å². The van der Waals surface area contributed by atoms with Gasteiger partial charge in [0, 0.05) is 24.8 Å². The number of benzene rings is 1. The smallest absolute Gasteiger partial charge is 0.350 e. The number of hydrogen-bond donors (Lipinski definition) is 3. The molecular weight excluding hydrogens is 399 g/mol. The molecule has 0 unspecified atom stereocenters. The molecule has 1 saturated heterocycles. The summed E-state index contributed by atoms with van der Waals surface area (Å²) in [4.78, 5) is 38.2. The van der Waals surface area contributed by atoms with Gasteiger partial charge >= 0.3 is 18.0 Å². The minimum atomic E-state index is -0.495. The van der Waals surface area contributed by atoms with E-state index in [1.54, 1.807) is 16.3 Å². The van der Waals surface area contributed by atoms with Crippen LogP contribution >= 0.6 is 11.3 Å². The maximum atomic E-state index is 12.9. The number of esters is 1. The van der Waals surface area contributed by atoms with Gasteiger partial charge in [0.15, 0.2) is 0 Å². The van der Waals surface area contributed by atoms with E-state index in [2.05, 4.69) is 16.0 Å². The molecule has 1 aliphatic rings. The van der Waals surface area contributed by atoms with Crippen LogP contribution in [0.1, 0.15) is 22.5 Å². The van der Waals surface area contributed by atoms with Crippen molar-refractivity contribution in [1.82, 2.24) is 10.2 Å². The molecule has 0 spiro atoms. The predicted molar refractivity (Wildman–Crippen MR) is 108 cm³/mol. The summed E-state index contributed by atoms with van der Waals surface area (Å²) in [5.74, 6) is -0.867. The van der Waals surface area contributed by atoms with Crippen LogP contribution in [-0.2, 0) is 4.74 Å². The molecule has 0 radical (unpaired) electrons. The quantitative estimate of drug-likeness (QED) is 0.659. The number of nitrogens with one attached hydrogen (secondary N) is 3. The number of amides is 4. The Balaban J connectivity index is 1.45. The molecule has 4 amide bonds. The van der Waals surface area contributed by atoms with E-state index in [0.29, 0.717) is 42.2 Å². The van der Waals surface area contributed by atoms with Crippen molar-refractivity contribution in [2.24, 2.45) is 0 Å². The first-order valence-corrected chi connectivity index (χ1v) is 9.89. The number of nitrogens with zero attached hydrogens (tertiary/aromatic N) is 1. The summed E-state index contributed by atoms with van der Waals surface area (Å²) in [6.07, 6.45) is 1.19. The number of ether oxygens (including phenoxy) is 1. The number of urea groups is 2. The molecule has 3 rings (SSSR count). The van der Waals surface area contributed by atoms with Crippen molar-refractivity contribution >= 4 is 40.7 Å². The highest BCUT2D eigenvalue weighted by molar-refractivity contribution is 7.12. The lowest BCUT2D eigenvalue weighted by Gasteiger charge is -2.32. The van der Waals surface area contributed by atoms with E-state index >= 15 is 0 Å². The molecular formula is C19H21FN4O4S. The molecule has 1 aromatic carbocycles. The maximum Gasteiger partial charge on any atom is 0.350 e. The van der Waals surface area contributed by atoms with Crippen LogP contribution < -0.4 is 16.0 Å².